The second-order valence-electron chi connectivity index (χ2n) is 4.82. The summed E-state index contributed by atoms with van der Waals surface area (Å²) in [4.78, 5) is 13.7. The number of hydrogen-bond donors (Lipinski definition) is 2. The van der Waals surface area contributed by atoms with Gasteiger partial charge in [-0.25, -0.2) is 0 Å². The molecule has 0 radical (unpaired) electrons. The second kappa shape index (κ2) is 7.87. The fourth-order valence-corrected chi connectivity index (χ4v) is 2.34. The molecule has 20 heavy (non-hydrogen) atoms. The van der Waals surface area contributed by atoms with Crippen molar-refractivity contribution in [2.45, 2.75) is 25.9 Å². The Morgan fingerprint density at radius 3 is 2.70 bits per heavy atom. The predicted octanol–water partition coefficient (Wildman–Crippen LogP) is 1.15. The molecule has 0 aliphatic carbocycles. The smallest absolute Gasteiger partial charge is 0.233 e. The van der Waals surface area contributed by atoms with E-state index in [0.29, 0.717) is 6.54 Å². The molecule has 0 fully saturated rings. The minimum Gasteiger partial charge on any atom is -0.497 e. The summed E-state index contributed by atoms with van der Waals surface area (Å²) in [5.74, 6) is 0.782. The molecule has 1 rings (SSSR count). The number of nitrogens with two attached hydrogens (primary N) is 1. The number of nitrogens with one attached hydrogen (secondary N) is 1. The third-order valence-electron chi connectivity index (χ3n) is 3.36. The van der Waals surface area contributed by atoms with Crippen LogP contribution in [0.4, 0.5) is 0 Å². The van der Waals surface area contributed by atoms with Crippen LogP contribution in [0.15, 0.2) is 24.3 Å². The van der Waals surface area contributed by atoms with Crippen molar-refractivity contribution in [2.24, 2.45) is 5.73 Å². The van der Waals surface area contributed by atoms with E-state index in [0.717, 1.165) is 17.9 Å². The van der Waals surface area contributed by atoms with E-state index in [1.807, 2.05) is 38.1 Å². The van der Waals surface area contributed by atoms with Crippen LogP contribution in [0.5, 0.6) is 5.75 Å². The molecule has 0 aromatic heterocycles. The number of amides is 1. The average Bonchev–Trinajstić information content (AvgIpc) is 2.46. The topological polar surface area (TPSA) is 67.6 Å². The van der Waals surface area contributed by atoms with Crippen molar-refractivity contribution in [1.29, 1.82) is 0 Å². The Morgan fingerprint density at radius 1 is 1.50 bits per heavy atom. The molecular formula is C15H25N3O2. The van der Waals surface area contributed by atoms with Gasteiger partial charge in [0.1, 0.15) is 5.75 Å². The number of methoxy groups -OCH3 is 1. The van der Waals surface area contributed by atoms with Crippen LogP contribution in [0, 0.1) is 0 Å². The van der Waals surface area contributed by atoms with E-state index in [4.69, 9.17) is 10.5 Å². The number of hydrogen-bond acceptors (Lipinski definition) is 4. The molecule has 1 aromatic carbocycles. The third kappa shape index (κ3) is 4.21. The standard InChI is InChI=1S/C15H25N3O2/c1-5-18(10-14(19)17-3)15(11(2)16)12-7-6-8-13(9-12)20-4/h6-9,11,15H,5,10,16H2,1-4H3,(H,17,19). The lowest BCUT2D eigenvalue weighted by atomic mass is 9.98. The highest BCUT2D eigenvalue weighted by Crippen LogP contribution is 2.26. The number of ether oxygens (including phenoxy) is 1. The Bertz CT molecular complexity index is 435. The maximum atomic E-state index is 11.6. The molecule has 0 aliphatic rings. The second-order valence-corrected chi connectivity index (χ2v) is 4.82. The van der Waals surface area contributed by atoms with Crippen LogP contribution in [-0.4, -0.2) is 44.1 Å². The van der Waals surface area contributed by atoms with Crippen LogP contribution in [-0.2, 0) is 4.79 Å². The van der Waals surface area contributed by atoms with Crippen molar-refractivity contribution < 1.29 is 9.53 Å². The van der Waals surface area contributed by atoms with Crippen molar-refractivity contribution in [2.75, 3.05) is 27.2 Å². The molecule has 1 aromatic rings. The first kappa shape index (κ1) is 16.5. The summed E-state index contributed by atoms with van der Waals surface area (Å²) in [6, 6.07) is 7.72. The van der Waals surface area contributed by atoms with E-state index in [9.17, 15) is 4.79 Å². The van der Waals surface area contributed by atoms with Crippen molar-refractivity contribution >= 4 is 5.91 Å². The normalized spacial score (nSPS) is 13.9. The highest BCUT2D eigenvalue weighted by molar-refractivity contribution is 5.77. The number of likely N-dealkylation sites (N-methyl/N-ethyl adjacent to an activating group) is 2. The van der Waals surface area contributed by atoms with Gasteiger partial charge in [0.2, 0.25) is 5.91 Å². The van der Waals surface area contributed by atoms with Crippen LogP contribution in [0.3, 0.4) is 0 Å². The first-order valence-electron chi connectivity index (χ1n) is 6.87. The maximum absolute atomic E-state index is 11.6. The highest BCUT2D eigenvalue weighted by Gasteiger charge is 2.24. The molecule has 5 nitrogen and oxygen atoms in total. The summed E-state index contributed by atoms with van der Waals surface area (Å²) >= 11 is 0. The van der Waals surface area contributed by atoms with Crippen molar-refractivity contribution in [1.82, 2.24) is 10.2 Å². The van der Waals surface area contributed by atoms with Crippen LogP contribution in [0.1, 0.15) is 25.5 Å². The van der Waals surface area contributed by atoms with Gasteiger partial charge in [0.25, 0.3) is 0 Å². The molecule has 0 aliphatic heterocycles. The Labute approximate surface area is 121 Å². The molecular weight excluding hydrogens is 254 g/mol. The minimum atomic E-state index is -0.0910. The predicted molar refractivity (Wildman–Crippen MR) is 80.7 cm³/mol. The zero-order valence-electron chi connectivity index (χ0n) is 12.7. The zero-order valence-corrected chi connectivity index (χ0v) is 12.7. The summed E-state index contributed by atoms with van der Waals surface area (Å²) in [5, 5.41) is 2.65. The lowest BCUT2D eigenvalue weighted by molar-refractivity contribution is -0.122. The maximum Gasteiger partial charge on any atom is 0.233 e. The van der Waals surface area contributed by atoms with Crippen molar-refractivity contribution in [3.63, 3.8) is 0 Å². The molecule has 112 valence electrons. The van der Waals surface area contributed by atoms with Crippen LogP contribution in [0.2, 0.25) is 0 Å². The Kier molecular flexibility index (Phi) is 6.48. The monoisotopic (exact) mass is 279 g/mol. The Morgan fingerprint density at radius 2 is 2.20 bits per heavy atom. The van der Waals surface area contributed by atoms with Crippen molar-refractivity contribution in [3.8, 4) is 5.75 Å². The number of rotatable bonds is 7. The van der Waals surface area contributed by atoms with Crippen molar-refractivity contribution in [3.05, 3.63) is 29.8 Å². The van der Waals surface area contributed by atoms with Gasteiger partial charge in [-0.1, -0.05) is 19.1 Å². The van der Waals surface area contributed by atoms with Crippen LogP contribution in [0.25, 0.3) is 0 Å². The molecule has 0 bridgehead atoms. The lowest BCUT2D eigenvalue weighted by Gasteiger charge is -2.33. The Hall–Kier alpha value is -1.59. The van der Waals surface area contributed by atoms with Gasteiger partial charge in [-0.2, -0.15) is 0 Å². The first-order chi connectivity index (χ1) is 9.53. The van der Waals surface area contributed by atoms with E-state index in [1.54, 1.807) is 14.2 Å². The van der Waals surface area contributed by atoms with E-state index in [2.05, 4.69) is 10.2 Å². The lowest BCUT2D eigenvalue weighted by Crippen LogP contribution is -2.44. The molecule has 0 saturated heterocycles. The summed E-state index contributed by atoms with van der Waals surface area (Å²) in [6.07, 6.45) is 0. The van der Waals surface area contributed by atoms with E-state index < -0.39 is 0 Å². The molecule has 0 spiro atoms. The summed E-state index contributed by atoms with van der Waals surface area (Å²) < 4.78 is 5.26. The Balaban J connectivity index is 3.04. The number of benzene rings is 1. The molecule has 2 atom stereocenters. The summed E-state index contributed by atoms with van der Waals surface area (Å²) in [6.45, 7) is 5.06. The van der Waals surface area contributed by atoms with E-state index in [-0.39, 0.29) is 18.0 Å². The van der Waals surface area contributed by atoms with Gasteiger partial charge in [-0.15, -0.1) is 0 Å². The number of nitrogens with zero attached hydrogens (tertiary/aromatic N) is 1. The summed E-state index contributed by atoms with van der Waals surface area (Å²) in [5.41, 5.74) is 7.20. The van der Waals surface area contributed by atoms with Gasteiger partial charge in [0.05, 0.1) is 19.7 Å². The molecule has 2 unspecified atom stereocenters. The summed E-state index contributed by atoms with van der Waals surface area (Å²) in [7, 11) is 3.28. The van der Waals surface area contributed by atoms with Gasteiger partial charge in [-0.05, 0) is 31.2 Å². The highest BCUT2D eigenvalue weighted by atomic mass is 16.5. The van der Waals surface area contributed by atoms with Gasteiger partial charge < -0.3 is 15.8 Å². The van der Waals surface area contributed by atoms with Gasteiger partial charge >= 0.3 is 0 Å². The van der Waals surface area contributed by atoms with Gasteiger partial charge in [0, 0.05) is 13.1 Å². The van der Waals surface area contributed by atoms with E-state index in [1.165, 1.54) is 0 Å². The zero-order chi connectivity index (χ0) is 15.1. The molecule has 3 N–H and O–H groups in total. The largest absolute Gasteiger partial charge is 0.497 e. The van der Waals surface area contributed by atoms with Crippen LogP contribution >= 0.6 is 0 Å². The SMILES string of the molecule is CCN(CC(=O)NC)C(c1cccc(OC)c1)C(C)N. The molecule has 0 heterocycles. The fourth-order valence-electron chi connectivity index (χ4n) is 2.34. The van der Waals surface area contributed by atoms with Gasteiger partial charge in [0.15, 0.2) is 0 Å². The third-order valence-corrected chi connectivity index (χ3v) is 3.36. The number of carbonyl (C=O) groups is 1. The van der Waals surface area contributed by atoms with Crippen LogP contribution < -0.4 is 15.8 Å². The van der Waals surface area contributed by atoms with Gasteiger partial charge in [-0.3, -0.25) is 9.69 Å². The molecule has 5 heteroatoms. The molecule has 1 amide bonds. The number of carbonyl (C=O) groups excluding carboxylic acids is 1. The minimum absolute atomic E-state index is 0.0135. The van der Waals surface area contributed by atoms with E-state index >= 15 is 0 Å². The first-order valence-corrected chi connectivity index (χ1v) is 6.87. The average molecular weight is 279 g/mol. The quantitative estimate of drug-likeness (QED) is 0.786. The fraction of sp³-hybridized carbons (Fsp3) is 0.533. The molecule has 0 saturated carbocycles.